The van der Waals surface area contributed by atoms with Crippen LogP contribution in [0.1, 0.15) is 342 Å². The van der Waals surface area contributed by atoms with Gasteiger partial charge in [0, 0.05) is 19.3 Å². The number of hydrogen-bond donors (Lipinski definition) is 0. The van der Waals surface area contributed by atoms with Crippen molar-refractivity contribution in [3.8, 4) is 0 Å². The minimum absolute atomic E-state index is 0.0787. The Morgan fingerprint density at radius 2 is 0.470 bits per heavy atom. The number of rotatable bonds is 64. The lowest BCUT2D eigenvalue weighted by Gasteiger charge is -2.18. The fourth-order valence-corrected chi connectivity index (χ4v) is 10.1. The third-order valence-corrected chi connectivity index (χ3v) is 15.3. The van der Waals surface area contributed by atoms with Gasteiger partial charge in [-0.15, -0.1) is 0 Å². The van der Waals surface area contributed by atoms with Crippen molar-refractivity contribution in [2.75, 3.05) is 13.2 Å². The van der Waals surface area contributed by atoms with Crippen LogP contribution in [0.2, 0.25) is 0 Å². The van der Waals surface area contributed by atoms with E-state index in [0.29, 0.717) is 19.3 Å². The zero-order valence-corrected chi connectivity index (χ0v) is 54.7. The van der Waals surface area contributed by atoms with Crippen molar-refractivity contribution in [2.45, 2.75) is 348 Å². The van der Waals surface area contributed by atoms with Crippen LogP contribution in [0.5, 0.6) is 0 Å². The van der Waals surface area contributed by atoms with E-state index in [1.54, 1.807) is 0 Å². The second kappa shape index (κ2) is 70.6. The Hall–Kier alpha value is -3.93. The Kier molecular flexibility index (Phi) is 67.2. The van der Waals surface area contributed by atoms with Crippen LogP contribution in [-0.4, -0.2) is 37.2 Å². The monoisotopic (exact) mass is 1150 g/mol. The van der Waals surface area contributed by atoms with Gasteiger partial charge in [-0.05, 0) is 103 Å². The van der Waals surface area contributed by atoms with Gasteiger partial charge in [-0.25, -0.2) is 0 Å². The summed E-state index contributed by atoms with van der Waals surface area (Å²) in [5.74, 6) is -0.873. The van der Waals surface area contributed by atoms with E-state index in [1.807, 2.05) is 0 Å². The number of carbonyl (C=O) groups is 3. The molecule has 0 aliphatic rings. The highest BCUT2D eigenvalue weighted by Gasteiger charge is 2.19. The van der Waals surface area contributed by atoms with E-state index in [1.165, 1.54) is 180 Å². The highest BCUT2D eigenvalue weighted by Crippen LogP contribution is 2.17. The zero-order valence-electron chi connectivity index (χ0n) is 54.7. The molecule has 0 rings (SSSR count). The average Bonchev–Trinajstić information content (AvgIpc) is 3.49. The van der Waals surface area contributed by atoms with Crippen LogP contribution in [0.4, 0.5) is 0 Å². The lowest BCUT2D eigenvalue weighted by Crippen LogP contribution is -2.30. The predicted octanol–water partition coefficient (Wildman–Crippen LogP) is 24.6. The fraction of sp³-hybridized carbons (Fsp3) is 0.727. The smallest absolute Gasteiger partial charge is 0.306 e. The first-order valence-electron chi connectivity index (χ1n) is 35.4. The molecule has 0 radical (unpaired) electrons. The van der Waals surface area contributed by atoms with Crippen LogP contribution < -0.4 is 0 Å². The second-order valence-corrected chi connectivity index (χ2v) is 23.4. The Labute approximate surface area is 514 Å². The van der Waals surface area contributed by atoms with E-state index in [-0.39, 0.29) is 31.1 Å². The molecule has 1 atom stereocenters. The van der Waals surface area contributed by atoms with Crippen LogP contribution in [0.15, 0.2) is 109 Å². The van der Waals surface area contributed by atoms with Crippen LogP contribution in [-0.2, 0) is 28.6 Å². The highest BCUT2D eigenvalue weighted by atomic mass is 16.6. The van der Waals surface area contributed by atoms with Crippen molar-refractivity contribution in [2.24, 2.45) is 0 Å². The first kappa shape index (κ1) is 79.1. The number of hydrogen-bond acceptors (Lipinski definition) is 6. The van der Waals surface area contributed by atoms with E-state index in [4.69, 9.17) is 14.2 Å². The third kappa shape index (κ3) is 68.7. The minimum atomic E-state index is -0.785. The Morgan fingerprint density at radius 1 is 0.253 bits per heavy atom. The van der Waals surface area contributed by atoms with Crippen LogP contribution in [0.3, 0.4) is 0 Å². The summed E-state index contributed by atoms with van der Waals surface area (Å²) in [7, 11) is 0. The summed E-state index contributed by atoms with van der Waals surface area (Å²) in [6.07, 6.45) is 96.7. The van der Waals surface area contributed by atoms with E-state index in [2.05, 4.69) is 130 Å². The van der Waals surface area contributed by atoms with Crippen molar-refractivity contribution in [1.29, 1.82) is 0 Å². The van der Waals surface area contributed by atoms with Crippen molar-refractivity contribution in [3.63, 3.8) is 0 Å². The van der Waals surface area contributed by atoms with E-state index < -0.39 is 6.10 Å². The zero-order chi connectivity index (χ0) is 59.9. The number of carbonyl (C=O) groups excluding carboxylic acids is 3. The standard InChI is InChI=1S/C77H132O6/c1-4-7-10-13-16-19-22-25-28-31-33-35-37-38-40-41-43-46-49-52-55-58-61-64-67-70-76(79)82-73-74(72-81-75(78)69-66-63-60-57-54-51-48-45-30-27-24-21-18-15-12-9-6-3)83-77(80)71-68-65-62-59-56-53-50-47-44-42-39-36-34-32-29-26-23-20-17-14-11-8-5-2/h7-8,10-11,16-17,19-20,25-26,28-29,33-36,38,40,74H,4-6,9,12-15,18,21-24,27,30-32,37,39,41-73H2,1-3H3/b10-7-,11-8-,19-16-,20-17-,28-25-,29-26-,35-33-,36-34-,40-38-. The molecule has 0 spiro atoms. The third-order valence-electron chi connectivity index (χ3n) is 15.3. The lowest BCUT2D eigenvalue weighted by atomic mass is 10.0. The first-order valence-corrected chi connectivity index (χ1v) is 35.4. The molecule has 6 nitrogen and oxygen atoms in total. The second-order valence-electron chi connectivity index (χ2n) is 23.4. The Balaban J connectivity index is 4.37. The normalized spacial score (nSPS) is 12.8. The molecular weight excluding hydrogens is 1020 g/mol. The quantitative estimate of drug-likeness (QED) is 0.0261. The molecule has 0 aliphatic carbocycles. The van der Waals surface area contributed by atoms with Gasteiger partial charge in [-0.1, -0.05) is 329 Å². The van der Waals surface area contributed by atoms with Gasteiger partial charge in [-0.3, -0.25) is 14.4 Å². The molecule has 0 fully saturated rings. The first-order chi connectivity index (χ1) is 41.0. The maximum atomic E-state index is 13.0. The Bertz CT molecular complexity index is 1660. The number of ether oxygens (including phenoxy) is 3. The molecule has 1 unspecified atom stereocenters. The maximum Gasteiger partial charge on any atom is 0.306 e. The molecule has 0 N–H and O–H groups in total. The molecule has 0 aromatic heterocycles. The summed E-state index contributed by atoms with van der Waals surface area (Å²) in [6.45, 7) is 6.45. The average molecular weight is 1150 g/mol. The van der Waals surface area contributed by atoms with Gasteiger partial charge in [0.2, 0.25) is 0 Å². The number of unbranched alkanes of at least 4 members (excludes halogenated alkanes) is 35. The molecule has 0 aromatic carbocycles. The van der Waals surface area contributed by atoms with E-state index >= 15 is 0 Å². The van der Waals surface area contributed by atoms with Crippen LogP contribution in [0, 0.1) is 0 Å². The molecule has 476 valence electrons. The summed E-state index contributed by atoms with van der Waals surface area (Å²) >= 11 is 0. The SMILES string of the molecule is CC/C=C\C/C=C\C/C=C\C/C=C\C/C=C\CCCCCCCCCCCC(=O)OCC(COC(=O)CCCCCCCCCCCCCCCCCCC)OC(=O)CCCCCCCCCCCC/C=C\C/C=C\C/C=C\C/C=C\CC. The van der Waals surface area contributed by atoms with Crippen LogP contribution >= 0.6 is 0 Å². The molecule has 0 aliphatic heterocycles. The molecule has 83 heavy (non-hydrogen) atoms. The van der Waals surface area contributed by atoms with Gasteiger partial charge < -0.3 is 14.2 Å². The van der Waals surface area contributed by atoms with Crippen molar-refractivity contribution >= 4 is 17.9 Å². The van der Waals surface area contributed by atoms with E-state index in [9.17, 15) is 14.4 Å². The van der Waals surface area contributed by atoms with Crippen molar-refractivity contribution in [1.82, 2.24) is 0 Å². The van der Waals surface area contributed by atoms with Gasteiger partial charge in [0.05, 0.1) is 0 Å². The molecule has 6 heteroatoms. The molecule has 0 heterocycles. The summed E-state index contributed by atoms with van der Waals surface area (Å²) in [5, 5.41) is 0. The number of allylic oxidation sites excluding steroid dienone is 18. The van der Waals surface area contributed by atoms with Gasteiger partial charge in [0.1, 0.15) is 13.2 Å². The van der Waals surface area contributed by atoms with Gasteiger partial charge in [0.25, 0.3) is 0 Å². The van der Waals surface area contributed by atoms with Gasteiger partial charge in [0.15, 0.2) is 6.10 Å². The fourth-order valence-electron chi connectivity index (χ4n) is 10.1. The van der Waals surface area contributed by atoms with Gasteiger partial charge >= 0.3 is 17.9 Å². The minimum Gasteiger partial charge on any atom is -0.462 e. The topological polar surface area (TPSA) is 78.9 Å². The summed E-state index contributed by atoms with van der Waals surface area (Å²) in [4.78, 5) is 38.5. The molecule has 0 saturated heterocycles. The molecule has 0 bridgehead atoms. The van der Waals surface area contributed by atoms with Crippen LogP contribution in [0.25, 0.3) is 0 Å². The predicted molar refractivity (Wildman–Crippen MR) is 362 cm³/mol. The molecular formula is C77H132O6. The number of esters is 3. The maximum absolute atomic E-state index is 13.0. The molecule has 0 aromatic rings. The molecule has 0 saturated carbocycles. The largest absolute Gasteiger partial charge is 0.462 e. The Morgan fingerprint density at radius 3 is 0.735 bits per heavy atom. The van der Waals surface area contributed by atoms with E-state index in [0.717, 1.165) is 122 Å². The summed E-state index contributed by atoms with van der Waals surface area (Å²) in [5.41, 5.74) is 0. The van der Waals surface area contributed by atoms with Crippen molar-refractivity contribution in [3.05, 3.63) is 109 Å². The lowest BCUT2D eigenvalue weighted by molar-refractivity contribution is -0.167. The summed E-state index contributed by atoms with van der Waals surface area (Å²) < 4.78 is 17.0. The van der Waals surface area contributed by atoms with Gasteiger partial charge in [-0.2, -0.15) is 0 Å². The van der Waals surface area contributed by atoms with Crippen molar-refractivity contribution < 1.29 is 28.6 Å². The highest BCUT2D eigenvalue weighted by molar-refractivity contribution is 5.71. The molecule has 0 amide bonds. The summed E-state index contributed by atoms with van der Waals surface area (Å²) in [6, 6.07) is 0.